The highest BCUT2D eigenvalue weighted by Gasteiger charge is 2.33. The second kappa shape index (κ2) is 6.02. The third kappa shape index (κ3) is 4.13. The maximum Gasteiger partial charge on any atom is 0.234 e. The van der Waals surface area contributed by atoms with Gasteiger partial charge in [0.15, 0.2) is 0 Å². The quantitative estimate of drug-likeness (QED) is 0.543. The zero-order valence-corrected chi connectivity index (χ0v) is 10.7. The maximum absolute atomic E-state index is 11.9. The van der Waals surface area contributed by atoms with Gasteiger partial charge >= 0.3 is 0 Å². The first kappa shape index (κ1) is 14.3. The molecule has 0 bridgehead atoms. The normalized spacial score (nSPS) is 11.2. The van der Waals surface area contributed by atoms with E-state index in [4.69, 9.17) is 22.7 Å². The van der Waals surface area contributed by atoms with Crippen molar-refractivity contribution in [2.75, 3.05) is 26.8 Å². The van der Waals surface area contributed by atoms with Crippen LogP contribution in [0, 0.1) is 5.41 Å². The van der Waals surface area contributed by atoms with E-state index in [1.807, 2.05) is 6.92 Å². The topological polar surface area (TPSA) is 55.6 Å². The van der Waals surface area contributed by atoms with Crippen LogP contribution in [-0.2, 0) is 9.53 Å². The van der Waals surface area contributed by atoms with Crippen LogP contribution in [-0.4, -0.2) is 42.6 Å². The fourth-order valence-corrected chi connectivity index (χ4v) is 1.12. The Labute approximate surface area is 96.8 Å². The van der Waals surface area contributed by atoms with E-state index in [0.29, 0.717) is 19.8 Å². The zero-order chi connectivity index (χ0) is 12.1. The standard InChI is InChI=1S/C10H20N2O2S/c1-5-14-7-6-12(4)9(13)10(2,3)8(11)15/h5-7H2,1-4H3,(H2,11,15). The molecule has 1 amide bonds. The van der Waals surface area contributed by atoms with Gasteiger partial charge in [-0.3, -0.25) is 4.79 Å². The smallest absolute Gasteiger partial charge is 0.234 e. The van der Waals surface area contributed by atoms with Gasteiger partial charge in [0.05, 0.1) is 17.0 Å². The van der Waals surface area contributed by atoms with Crippen LogP contribution >= 0.6 is 12.2 Å². The lowest BCUT2D eigenvalue weighted by molar-refractivity contribution is -0.136. The number of likely N-dealkylation sites (N-methyl/N-ethyl adjacent to an activating group) is 1. The van der Waals surface area contributed by atoms with Gasteiger partial charge < -0.3 is 15.4 Å². The van der Waals surface area contributed by atoms with Crippen molar-refractivity contribution in [3.05, 3.63) is 0 Å². The summed E-state index contributed by atoms with van der Waals surface area (Å²) in [5.41, 5.74) is 4.74. The summed E-state index contributed by atoms with van der Waals surface area (Å²) >= 11 is 4.86. The van der Waals surface area contributed by atoms with Crippen molar-refractivity contribution < 1.29 is 9.53 Å². The molecular formula is C10H20N2O2S. The molecule has 0 fully saturated rings. The van der Waals surface area contributed by atoms with Gasteiger partial charge in [-0.1, -0.05) is 12.2 Å². The van der Waals surface area contributed by atoms with Crippen molar-refractivity contribution in [2.24, 2.45) is 11.1 Å². The number of ether oxygens (including phenoxy) is 1. The summed E-state index contributed by atoms with van der Waals surface area (Å²) in [5, 5.41) is 0. The summed E-state index contributed by atoms with van der Waals surface area (Å²) in [6.07, 6.45) is 0. The van der Waals surface area contributed by atoms with E-state index >= 15 is 0 Å². The predicted octanol–water partition coefficient (Wildman–Crippen LogP) is 0.794. The first-order valence-electron chi connectivity index (χ1n) is 4.97. The number of thiocarbonyl (C=S) groups is 1. The SMILES string of the molecule is CCOCCN(C)C(=O)C(C)(C)C(N)=S. The van der Waals surface area contributed by atoms with Gasteiger partial charge in [0.25, 0.3) is 0 Å². The Morgan fingerprint density at radius 1 is 1.53 bits per heavy atom. The highest BCUT2D eigenvalue weighted by Crippen LogP contribution is 2.18. The Hall–Kier alpha value is -0.680. The molecule has 0 unspecified atom stereocenters. The monoisotopic (exact) mass is 232 g/mol. The molecule has 5 heteroatoms. The molecule has 0 atom stereocenters. The first-order chi connectivity index (χ1) is 6.84. The minimum absolute atomic E-state index is 0.0743. The van der Waals surface area contributed by atoms with Gasteiger partial charge in [0.1, 0.15) is 0 Å². The molecule has 88 valence electrons. The van der Waals surface area contributed by atoms with Crippen molar-refractivity contribution in [2.45, 2.75) is 20.8 Å². The molecule has 0 aliphatic carbocycles. The van der Waals surface area contributed by atoms with Crippen LogP contribution in [0.2, 0.25) is 0 Å². The molecule has 4 nitrogen and oxygen atoms in total. The lowest BCUT2D eigenvalue weighted by atomic mass is 9.92. The second-order valence-electron chi connectivity index (χ2n) is 3.91. The summed E-state index contributed by atoms with van der Waals surface area (Å²) in [5.74, 6) is -0.0743. The van der Waals surface area contributed by atoms with Gasteiger partial charge in [-0.25, -0.2) is 0 Å². The van der Waals surface area contributed by atoms with Crippen LogP contribution in [0.25, 0.3) is 0 Å². The summed E-state index contributed by atoms with van der Waals surface area (Å²) in [7, 11) is 1.72. The third-order valence-corrected chi connectivity index (χ3v) is 2.78. The molecule has 0 radical (unpaired) electrons. The van der Waals surface area contributed by atoms with Gasteiger partial charge in [0.2, 0.25) is 5.91 Å². The fraction of sp³-hybridized carbons (Fsp3) is 0.800. The Bertz CT molecular complexity index is 242. The molecule has 0 aliphatic rings. The molecule has 0 rings (SSSR count). The van der Waals surface area contributed by atoms with E-state index in [0.717, 1.165) is 0 Å². The molecular weight excluding hydrogens is 212 g/mol. The molecule has 0 aromatic rings. The highest BCUT2D eigenvalue weighted by molar-refractivity contribution is 7.80. The van der Waals surface area contributed by atoms with E-state index < -0.39 is 5.41 Å². The van der Waals surface area contributed by atoms with Gasteiger partial charge in [0, 0.05) is 20.2 Å². The van der Waals surface area contributed by atoms with Gasteiger partial charge in [-0.05, 0) is 20.8 Å². The van der Waals surface area contributed by atoms with Crippen LogP contribution in [0.4, 0.5) is 0 Å². The van der Waals surface area contributed by atoms with Crippen molar-refractivity contribution >= 4 is 23.1 Å². The summed E-state index contributed by atoms with van der Waals surface area (Å²) in [4.78, 5) is 13.7. The molecule has 0 heterocycles. The predicted molar refractivity (Wildman–Crippen MR) is 64.7 cm³/mol. The molecule has 0 spiro atoms. The molecule has 0 aromatic carbocycles. The molecule has 0 aromatic heterocycles. The van der Waals surface area contributed by atoms with E-state index in [1.54, 1.807) is 25.8 Å². The summed E-state index contributed by atoms with van der Waals surface area (Å²) in [6.45, 7) is 7.12. The highest BCUT2D eigenvalue weighted by atomic mass is 32.1. The number of hydrogen-bond donors (Lipinski definition) is 1. The van der Waals surface area contributed by atoms with E-state index in [1.165, 1.54) is 0 Å². The lowest BCUT2D eigenvalue weighted by Crippen LogP contribution is -2.46. The lowest BCUT2D eigenvalue weighted by Gasteiger charge is -2.28. The Morgan fingerprint density at radius 2 is 2.07 bits per heavy atom. The van der Waals surface area contributed by atoms with Crippen molar-refractivity contribution in [3.63, 3.8) is 0 Å². The minimum atomic E-state index is -0.781. The Balaban J connectivity index is 4.25. The number of rotatable bonds is 6. The fourth-order valence-electron chi connectivity index (χ4n) is 1.03. The van der Waals surface area contributed by atoms with Crippen LogP contribution in [0.5, 0.6) is 0 Å². The molecule has 15 heavy (non-hydrogen) atoms. The number of nitrogens with two attached hydrogens (primary N) is 1. The number of amides is 1. The Kier molecular flexibility index (Phi) is 5.75. The van der Waals surface area contributed by atoms with Crippen molar-refractivity contribution in [3.8, 4) is 0 Å². The molecule has 0 aliphatic heterocycles. The van der Waals surface area contributed by atoms with Crippen molar-refractivity contribution in [1.29, 1.82) is 0 Å². The third-order valence-electron chi connectivity index (χ3n) is 2.27. The number of carbonyl (C=O) groups is 1. The van der Waals surface area contributed by atoms with E-state index in [9.17, 15) is 4.79 Å². The maximum atomic E-state index is 11.9. The van der Waals surface area contributed by atoms with Crippen LogP contribution in [0.15, 0.2) is 0 Å². The van der Waals surface area contributed by atoms with E-state index in [2.05, 4.69) is 0 Å². The summed E-state index contributed by atoms with van der Waals surface area (Å²) < 4.78 is 5.17. The number of nitrogens with zero attached hydrogens (tertiary/aromatic N) is 1. The van der Waals surface area contributed by atoms with Crippen LogP contribution in [0.3, 0.4) is 0 Å². The van der Waals surface area contributed by atoms with Crippen LogP contribution in [0.1, 0.15) is 20.8 Å². The molecule has 2 N–H and O–H groups in total. The Morgan fingerprint density at radius 3 is 2.47 bits per heavy atom. The van der Waals surface area contributed by atoms with Crippen LogP contribution < -0.4 is 5.73 Å². The van der Waals surface area contributed by atoms with Gasteiger partial charge in [-0.15, -0.1) is 0 Å². The average Bonchev–Trinajstić information content (AvgIpc) is 2.16. The van der Waals surface area contributed by atoms with E-state index in [-0.39, 0.29) is 10.9 Å². The molecule has 0 saturated heterocycles. The number of carbonyl (C=O) groups excluding carboxylic acids is 1. The first-order valence-corrected chi connectivity index (χ1v) is 5.38. The second-order valence-corrected chi connectivity index (χ2v) is 4.35. The molecule has 0 saturated carbocycles. The van der Waals surface area contributed by atoms with Crippen molar-refractivity contribution in [1.82, 2.24) is 4.90 Å². The zero-order valence-electron chi connectivity index (χ0n) is 9.87. The van der Waals surface area contributed by atoms with Gasteiger partial charge in [-0.2, -0.15) is 0 Å². The largest absolute Gasteiger partial charge is 0.392 e. The summed E-state index contributed by atoms with van der Waals surface area (Å²) in [6, 6.07) is 0. The number of hydrogen-bond acceptors (Lipinski definition) is 3. The minimum Gasteiger partial charge on any atom is -0.392 e. The average molecular weight is 232 g/mol.